The normalized spacial score (nSPS) is 11.5. The molecule has 2 aromatic heterocycles. The molecule has 0 aliphatic heterocycles. The van der Waals surface area contributed by atoms with Gasteiger partial charge in [0.15, 0.2) is 0 Å². The molecule has 4 nitrogen and oxygen atoms in total. The van der Waals surface area contributed by atoms with Gasteiger partial charge in [-0.2, -0.15) is 13.2 Å². The molecule has 0 aliphatic carbocycles. The Morgan fingerprint density at radius 3 is 2.60 bits per heavy atom. The standard InChI is InChI=1S/C18H14F3N3O/c1-2-16(25)23-15-9-13-7-8-24(17(13)22-10-15)11-12-3-5-14(6-4-12)18(19,20)21/h2-10H,1,11H2,(H,23,25). The number of carbonyl (C=O) groups excluding carboxylic acids is 1. The van der Waals surface area contributed by atoms with Gasteiger partial charge in [-0.05, 0) is 35.9 Å². The van der Waals surface area contributed by atoms with Crippen LogP contribution < -0.4 is 5.32 Å². The van der Waals surface area contributed by atoms with Crippen molar-refractivity contribution in [3.63, 3.8) is 0 Å². The number of hydrogen-bond donors (Lipinski definition) is 1. The van der Waals surface area contributed by atoms with Crippen molar-refractivity contribution in [1.82, 2.24) is 9.55 Å². The van der Waals surface area contributed by atoms with Gasteiger partial charge in [-0.3, -0.25) is 4.79 Å². The predicted molar refractivity (Wildman–Crippen MR) is 89.1 cm³/mol. The van der Waals surface area contributed by atoms with Crippen molar-refractivity contribution in [2.75, 3.05) is 5.32 Å². The molecule has 0 unspecified atom stereocenters. The highest BCUT2D eigenvalue weighted by Gasteiger charge is 2.29. The smallest absolute Gasteiger partial charge is 0.328 e. The Balaban J connectivity index is 1.82. The van der Waals surface area contributed by atoms with E-state index in [1.807, 2.05) is 10.6 Å². The fraction of sp³-hybridized carbons (Fsp3) is 0.111. The summed E-state index contributed by atoms with van der Waals surface area (Å²) in [7, 11) is 0. The van der Waals surface area contributed by atoms with Crippen LogP contribution in [0.4, 0.5) is 18.9 Å². The number of amides is 1. The van der Waals surface area contributed by atoms with Crippen molar-refractivity contribution in [2.45, 2.75) is 12.7 Å². The van der Waals surface area contributed by atoms with Gasteiger partial charge < -0.3 is 9.88 Å². The number of alkyl halides is 3. The van der Waals surface area contributed by atoms with Crippen LogP contribution >= 0.6 is 0 Å². The monoisotopic (exact) mass is 345 g/mol. The molecule has 2 heterocycles. The first-order chi connectivity index (χ1) is 11.9. The molecular formula is C18H14F3N3O. The number of nitrogens with one attached hydrogen (secondary N) is 1. The van der Waals surface area contributed by atoms with E-state index in [1.54, 1.807) is 12.3 Å². The fourth-order valence-electron chi connectivity index (χ4n) is 2.46. The first-order valence-electron chi connectivity index (χ1n) is 7.41. The van der Waals surface area contributed by atoms with Crippen LogP contribution in [-0.2, 0) is 17.5 Å². The molecule has 7 heteroatoms. The number of nitrogens with zero attached hydrogens (tertiary/aromatic N) is 2. The minimum atomic E-state index is -4.34. The summed E-state index contributed by atoms with van der Waals surface area (Å²) in [6, 6.07) is 8.64. The van der Waals surface area contributed by atoms with Gasteiger partial charge >= 0.3 is 6.18 Å². The SMILES string of the molecule is C=CC(=O)Nc1cnc2c(ccn2Cc2ccc(C(F)(F)F)cc2)c1. The van der Waals surface area contributed by atoms with Crippen LogP contribution in [0.25, 0.3) is 11.0 Å². The Morgan fingerprint density at radius 1 is 1.24 bits per heavy atom. The molecule has 0 radical (unpaired) electrons. The topological polar surface area (TPSA) is 46.9 Å². The zero-order valence-electron chi connectivity index (χ0n) is 13.0. The lowest BCUT2D eigenvalue weighted by Gasteiger charge is -2.09. The van der Waals surface area contributed by atoms with Crippen LogP contribution in [0, 0.1) is 0 Å². The van der Waals surface area contributed by atoms with E-state index < -0.39 is 11.7 Å². The van der Waals surface area contributed by atoms with Crippen LogP contribution in [-0.4, -0.2) is 15.5 Å². The second kappa shape index (κ2) is 6.43. The van der Waals surface area contributed by atoms with Gasteiger partial charge in [0, 0.05) is 18.1 Å². The first-order valence-corrected chi connectivity index (χ1v) is 7.41. The van der Waals surface area contributed by atoms with Crippen LogP contribution in [0.1, 0.15) is 11.1 Å². The third-order valence-corrected chi connectivity index (χ3v) is 3.69. The highest BCUT2D eigenvalue weighted by Crippen LogP contribution is 2.29. The number of pyridine rings is 1. The Labute approximate surface area is 141 Å². The van der Waals surface area contributed by atoms with Gasteiger partial charge in [0.1, 0.15) is 5.65 Å². The molecule has 128 valence electrons. The Kier molecular flexibility index (Phi) is 4.31. The summed E-state index contributed by atoms with van der Waals surface area (Å²) in [6.07, 6.45) is 0.147. The van der Waals surface area contributed by atoms with Crippen molar-refractivity contribution in [3.8, 4) is 0 Å². The molecule has 0 saturated heterocycles. The van der Waals surface area contributed by atoms with E-state index in [9.17, 15) is 18.0 Å². The average molecular weight is 345 g/mol. The molecule has 0 saturated carbocycles. The van der Waals surface area contributed by atoms with Crippen molar-refractivity contribution < 1.29 is 18.0 Å². The van der Waals surface area contributed by atoms with Crippen molar-refractivity contribution in [1.29, 1.82) is 0 Å². The highest BCUT2D eigenvalue weighted by atomic mass is 19.4. The fourth-order valence-corrected chi connectivity index (χ4v) is 2.46. The van der Waals surface area contributed by atoms with Gasteiger partial charge in [-0.25, -0.2) is 4.98 Å². The third-order valence-electron chi connectivity index (χ3n) is 3.69. The van der Waals surface area contributed by atoms with Gasteiger partial charge in [0.2, 0.25) is 5.91 Å². The second-order valence-corrected chi connectivity index (χ2v) is 5.47. The summed E-state index contributed by atoms with van der Waals surface area (Å²) >= 11 is 0. The molecule has 0 bridgehead atoms. The first kappa shape index (κ1) is 16.8. The number of halogens is 3. The predicted octanol–water partition coefficient (Wildman–Crippen LogP) is 4.23. The van der Waals surface area contributed by atoms with Gasteiger partial charge in [0.25, 0.3) is 0 Å². The van der Waals surface area contributed by atoms with Gasteiger partial charge in [0.05, 0.1) is 17.4 Å². The maximum absolute atomic E-state index is 12.6. The molecule has 25 heavy (non-hydrogen) atoms. The Morgan fingerprint density at radius 2 is 1.96 bits per heavy atom. The van der Waals surface area contributed by atoms with Crippen molar-refractivity contribution in [3.05, 3.63) is 72.6 Å². The summed E-state index contributed by atoms with van der Waals surface area (Å²) in [5.41, 5.74) is 1.28. The third kappa shape index (κ3) is 3.71. The second-order valence-electron chi connectivity index (χ2n) is 5.47. The van der Waals surface area contributed by atoms with Crippen LogP contribution in [0.15, 0.2) is 61.4 Å². The molecular weight excluding hydrogens is 331 g/mol. The number of carbonyl (C=O) groups is 1. The lowest BCUT2D eigenvalue weighted by molar-refractivity contribution is -0.137. The van der Waals surface area contributed by atoms with E-state index in [4.69, 9.17) is 0 Å². The maximum atomic E-state index is 12.6. The van der Waals surface area contributed by atoms with E-state index in [0.717, 1.165) is 23.1 Å². The zero-order valence-corrected chi connectivity index (χ0v) is 13.0. The minimum Gasteiger partial charge on any atom is -0.328 e. The number of rotatable bonds is 4. The van der Waals surface area contributed by atoms with E-state index in [-0.39, 0.29) is 5.91 Å². The Bertz CT molecular complexity index is 927. The van der Waals surface area contributed by atoms with Gasteiger partial charge in [-0.1, -0.05) is 18.7 Å². The Hall–Kier alpha value is -3.09. The number of aromatic nitrogens is 2. The summed E-state index contributed by atoms with van der Waals surface area (Å²) < 4.78 is 39.7. The summed E-state index contributed by atoms with van der Waals surface area (Å²) in [5.74, 6) is -0.328. The quantitative estimate of drug-likeness (QED) is 0.720. The lowest BCUT2D eigenvalue weighted by Crippen LogP contribution is -2.07. The number of hydrogen-bond acceptors (Lipinski definition) is 2. The van der Waals surface area contributed by atoms with Crippen LogP contribution in [0.5, 0.6) is 0 Å². The average Bonchev–Trinajstić information content (AvgIpc) is 2.96. The molecule has 1 amide bonds. The summed E-state index contributed by atoms with van der Waals surface area (Å²) in [5, 5.41) is 3.44. The zero-order chi connectivity index (χ0) is 18.0. The van der Waals surface area contributed by atoms with Gasteiger partial charge in [-0.15, -0.1) is 0 Å². The molecule has 0 atom stereocenters. The molecule has 1 aromatic carbocycles. The van der Waals surface area contributed by atoms with E-state index in [0.29, 0.717) is 17.9 Å². The van der Waals surface area contributed by atoms with Crippen molar-refractivity contribution in [2.24, 2.45) is 0 Å². The van der Waals surface area contributed by atoms with Crippen LogP contribution in [0.3, 0.4) is 0 Å². The number of fused-ring (bicyclic) bond motifs is 1. The molecule has 3 rings (SSSR count). The summed E-state index contributed by atoms with van der Waals surface area (Å²) in [4.78, 5) is 15.6. The minimum absolute atomic E-state index is 0.328. The van der Waals surface area contributed by atoms with E-state index >= 15 is 0 Å². The molecule has 0 fully saturated rings. The lowest BCUT2D eigenvalue weighted by atomic mass is 10.1. The molecule has 0 spiro atoms. The van der Waals surface area contributed by atoms with Crippen molar-refractivity contribution >= 4 is 22.6 Å². The van der Waals surface area contributed by atoms with E-state index in [2.05, 4.69) is 16.9 Å². The maximum Gasteiger partial charge on any atom is 0.416 e. The molecule has 0 aliphatic rings. The largest absolute Gasteiger partial charge is 0.416 e. The molecule has 3 aromatic rings. The van der Waals surface area contributed by atoms with E-state index in [1.165, 1.54) is 24.4 Å². The summed E-state index contributed by atoms with van der Waals surface area (Å²) in [6.45, 7) is 3.78. The number of benzene rings is 1. The highest BCUT2D eigenvalue weighted by molar-refractivity contribution is 5.99. The van der Waals surface area contributed by atoms with Crippen LogP contribution in [0.2, 0.25) is 0 Å². The number of anilines is 1. The molecule has 1 N–H and O–H groups in total.